The van der Waals surface area contributed by atoms with Crippen LogP contribution in [-0.2, 0) is 0 Å². The molecule has 1 aromatic carbocycles. The van der Waals surface area contributed by atoms with E-state index in [9.17, 15) is 0 Å². The fraction of sp³-hybridized carbons (Fsp3) is 0.586. The Morgan fingerprint density at radius 2 is 1.87 bits per heavy atom. The van der Waals surface area contributed by atoms with Gasteiger partial charge in [0.15, 0.2) is 5.82 Å². The molecule has 0 aliphatic carbocycles. The van der Waals surface area contributed by atoms with Gasteiger partial charge in [-0.2, -0.15) is 15.3 Å². The molecular formula is C29H40N10. The molecule has 10 nitrogen and oxygen atoms in total. The van der Waals surface area contributed by atoms with Gasteiger partial charge in [-0.05, 0) is 89.7 Å². The maximum Gasteiger partial charge on any atom is 0.225 e. The van der Waals surface area contributed by atoms with Crippen molar-refractivity contribution in [2.45, 2.75) is 70.0 Å². The van der Waals surface area contributed by atoms with Crippen LogP contribution < -0.4 is 16.0 Å². The number of aryl methyl sites for hydroxylation is 1. The molecule has 6 rings (SSSR count). The highest BCUT2D eigenvalue weighted by Crippen LogP contribution is 2.37. The van der Waals surface area contributed by atoms with E-state index in [0.29, 0.717) is 36.4 Å². The molecule has 5 heterocycles. The van der Waals surface area contributed by atoms with Crippen LogP contribution in [0.1, 0.15) is 50.6 Å². The van der Waals surface area contributed by atoms with Gasteiger partial charge in [-0.25, -0.2) is 4.98 Å². The SMILES string of the molecule is Cc1cc(Nc2nc(NC3CC4CCC(C3)N4CCC#N)nc3cc(NCC4CCN(C)CC4)ccc23)n[nH]1. The smallest absolute Gasteiger partial charge is 0.225 e. The Morgan fingerprint density at radius 1 is 1.08 bits per heavy atom. The third kappa shape index (κ3) is 5.94. The van der Waals surface area contributed by atoms with Crippen molar-refractivity contribution in [2.75, 3.05) is 49.2 Å². The Kier molecular flexibility index (Phi) is 7.53. The van der Waals surface area contributed by atoms with Crippen LogP contribution in [0, 0.1) is 24.2 Å². The van der Waals surface area contributed by atoms with Gasteiger partial charge in [0.2, 0.25) is 5.95 Å². The number of likely N-dealkylation sites (tertiary alicyclic amines) is 1. The first-order chi connectivity index (χ1) is 19.0. The molecule has 4 N–H and O–H groups in total. The van der Waals surface area contributed by atoms with Crippen LogP contribution in [0.25, 0.3) is 10.9 Å². The number of aromatic nitrogens is 4. The van der Waals surface area contributed by atoms with Crippen LogP contribution in [0.15, 0.2) is 24.3 Å². The molecule has 206 valence electrons. The van der Waals surface area contributed by atoms with E-state index in [2.05, 4.69) is 67.3 Å². The molecule has 3 saturated heterocycles. The van der Waals surface area contributed by atoms with Crippen molar-refractivity contribution in [3.63, 3.8) is 0 Å². The molecule has 2 atom stereocenters. The molecule has 0 amide bonds. The number of hydrogen-bond donors (Lipinski definition) is 4. The van der Waals surface area contributed by atoms with Gasteiger partial charge >= 0.3 is 0 Å². The van der Waals surface area contributed by atoms with Crippen LogP contribution in [-0.4, -0.2) is 81.3 Å². The lowest BCUT2D eigenvalue weighted by atomic mass is 9.97. The van der Waals surface area contributed by atoms with Crippen LogP contribution in [0.4, 0.5) is 23.3 Å². The molecule has 3 aromatic rings. The van der Waals surface area contributed by atoms with Crippen LogP contribution in [0.3, 0.4) is 0 Å². The van der Waals surface area contributed by atoms with E-state index in [1.807, 2.05) is 13.0 Å². The number of hydrogen-bond acceptors (Lipinski definition) is 9. The minimum absolute atomic E-state index is 0.324. The molecule has 3 aliphatic rings. The summed E-state index contributed by atoms with van der Waals surface area (Å²) >= 11 is 0. The second-order valence-corrected chi connectivity index (χ2v) is 11.7. The zero-order valence-electron chi connectivity index (χ0n) is 23.1. The van der Waals surface area contributed by atoms with Gasteiger partial charge in [-0.1, -0.05) is 0 Å². The van der Waals surface area contributed by atoms with Crippen molar-refractivity contribution in [1.82, 2.24) is 30.0 Å². The molecule has 2 bridgehead atoms. The molecule has 0 radical (unpaired) electrons. The van der Waals surface area contributed by atoms with E-state index >= 15 is 0 Å². The van der Waals surface area contributed by atoms with Gasteiger partial charge in [0.25, 0.3) is 0 Å². The summed E-state index contributed by atoms with van der Waals surface area (Å²) < 4.78 is 0. The Balaban J connectivity index is 1.22. The van der Waals surface area contributed by atoms with E-state index in [1.54, 1.807) is 0 Å². The van der Waals surface area contributed by atoms with Crippen LogP contribution >= 0.6 is 0 Å². The van der Waals surface area contributed by atoms with Crippen LogP contribution in [0.5, 0.6) is 0 Å². The highest BCUT2D eigenvalue weighted by Gasteiger charge is 2.40. The summed E-state index contributed by atoms with van der Waals surface area (Å²) in [6, 6.07) is 12.1. The van der Waals surface area contributed by atoms with E-state index in [4.69, 9.17) is 15.2 Å². The summed E-state index contributed by atoms with van der Waals surface area (Å²) in [6.07, 6.45) is 7.62. The van der Waals surface area contributed by atoms with Crippen molar-refractivity contribution in [3.05, 3.63) is 30.0 Å². The number of rotatable bonds is 9. The molecular weight excluding hydrogens is 488 g/mol. The Labute approximate surface area is 230 Å². The van der Waals surface area contributed by atoms with Crippen molar-refractivity contribution < 1.29 is 0 Å². The number of aromatic amines is 1. The summed E-state index contributed by atoms with van der Waals surface area (Å²) in [5.41, 5.74) is 3.00. The number of fused-ring (bicyclic) bond motifs is 3. The lowest BCUT2D eigenvalue weighted by Gasteiger charge is -2.38. The van der Waals surface area contributed by atoms with Crippen molar-refractivity contribution in [2.24, 2.45) is 5.92 Å². The highest BCUT2D eigenvalue weighted by molar-refractivity contribution is 5.93. The molecule has 0 saturated carbocycles. The summed E-state index contributed by atoms with van der Waals surface area (Å²) in [6.45, 7) is 6.21. The largest absolute Gasteiger partial charge is 0.385 e. The zero-order chi connectivity index (χ0) is 26.8. The number of benzene rings is 1. The fourth-order valence-corrected chi connectivity index (χ4v) is 6.65. The zero-order valence-corrected chi connectivity index (χ0v) is 23.1. The van der Waals surface area contributed by atoms with E-state index in [0.717, 1.165) is 59.9 Å². The first-order valence-electron chi connectivity index (χ1n) is 14.5. The minimum atomic E-state index is 0.324. The normalized spacial score (nSPS) is 24.1. The van der Waals surface area contributed by atoms with Crippen molar-refractivity contribution >= 4 is 34.2 Å². The van der Waals surface area contributed by atoms with Gasteiger partial charge in [-0.15, -0.1) is 0 Å². The molecule has 0 spiro atoms. The molecule has 3 aliphatic heterocycles. The lowest BCUT2D eigenvalue weighted by molar-refractivity contribution is 0.135. The summed E-state index contributed by atoms with van der Waals surface area (Å²) in [5.74, 6) is 2.85. The van der Waals surface area contributed by atoms with Crippen molar-refractivity contribution in [1.29, 1.82) is 5.26 Å². The molecule has 39 heavy (non-hydrogen) atoms. The van der Waals surface area contributed by atoms with Crippen molar-refractivity contribution in [3.8, 4) is 6.07 Å². The third-order valence-electron chi connectivity index (χ3n) is 8.78. The van der Waals surface area contributed by atoms with Gasteiger partial charge < -0.3 is 20.9 Å². The summed E-state index contributed by atoms with van der Waals surface area (Å²) in [7, 11) is 2.21. The topological polar surface area (TPSA) is 121 Å². The number of anilines is 4. The molecule has 10 heteroatoms. The highest BCUT2D eigenvalue weighted by atomic mass is 15.3. The van der Waals surface area contributed by atoms with E-state index in [1.165, 1.54) is 38.8 Å². The monoisotopic (exact) mass is 528 g/mol. The lowest BCUT2D eigenvalue weighted by Crippen LogP contribution is -2.47. The van der Waals surface area contributed by atoms with Gasteiger partial charge in [0.1, 0.15) is 5.82 Å². The predicted octanol–water partition coefficient (Wildman–Crippen LogP) is 4.48. The second-order valence-electron chi connectivity index (χ2n) is 11.7. The second kappa shape index (κ2) is 11.4. The van der Waals surface area contributed by atoms with Gasteiger partial charge in [0, 0.05) is 60.5 Å². The average molecular weight is 529 g/mol. The summed E-state index contributed by atoms with van der Waals surface area (Å²) in [4.78, 5) is 14.9. The number of piperidine rings is 2. The fourth-order valence-electron chi connectivity index (χ4n) is 6.65. The van der Waals surface area contributed by atoms with Crippen LogP contribution in [0.2, 0.25) is 0 Å². The van der Waals surface area contributed by atoms with E-state index in [-0.39, 0.29) is 0 Å². The molecule has 3 fully saturated rings. The maximum atomic E-state index is 9.06. The van der Waals surface area contributed by atoms with Gasteiger partial charge in [0.05, 0.1) is 11.6 Å². The Morgan fingerprint density at radius 3 is 2.59 bits per heavy atom. The van der Waals surface area contributed by atoms with Gasteiger partial charge in [-0.3, -0.25) is 10.00 Å². The predicted molar refractivity (Wildman–Crippen MR) is 155 cm³/mol. The minimum Gasteiger partial charge on any atom is -0.385 e. The quantitative estimate of drug-likeness (QED) is 0.318. The molecule has 2 unspecified atom stereocenters. The number of H-pyrrole nitrogens is 1. The number of nitrogens with one attached hydrogen (secondary N) is 4. The summed E-state index contributed by atoms with van der Waals surface area (Å²) in [5, 5.41) is 28.2. The third-order valence-corrected chi connectivity index (χ3v) is 8.78. The first kappa shape index (κ1) is 25.8. The first-order valence-corrected chi connectivity index (χ1v) is 14.5. The maximum absolute atomic E-state index is 9.06. The van der Waals surface area contributed by atoms with E-state index < -0.39 is 0 Å². The Hall–Kier alpha value is -3.42. The number of nitrogens with zero attached hydrogens (tertiary/aromatic N) is 6. The standard InChI is InChI=1S/C29H40N10/c1-19-14-27(37-36-19)34-28-25-7-4-21(31-18-20-8-12-38(2)13-9-20)17-26(25)33-29(35-28)32-22-15-23-5-6-24(16-22)39(23)11-3-10-30/h4,7,14,17,20,22-24,31H,3,5-6,8-9,11-13,15-16,18H2,1-2H3,(H3,32,33,34,35,36,37). The number of nitriles is 1. The molecule has 2 aromatic heterocycles. The Bertz CT molecular complexity index is 1310. The average Bonchev–Trinajstić information content (AvgIpc) is 3.44.